The average Bonchev–Trinajstić information content (AvgIpc) is 2.60. The molecule has 3 rings (SSSR count). The van der Waals surface area contributed by atoms with E-state index in [0.29, 0.717) is 22.3 Å². The lowest BCUT2D eigenvalue weighted by Gasteiger charge is -2.16. The molecule has 26 heavy (non-hydrogen) atoms. The third-order valence-electron chi connectivity index (χ3n) is 3.93. The Labute approximate surface area is 159 Å². The van der Waals surface area contributed by atoms with E-state index in [4.69, 9.17) is 0 Å². The van der Waals surface area contributed by atoms with Crippen LogP contribution in [0.1, 0.15) is 24.2 Å². The van der Waals surface area contributed by atoms with E-state index < -0.39 is 10.3 Å². The number of hydrogen-bond donors (Lipinski definition) is 2. The van der Waals surface area contributed by atoms with Crippen molar-refractivity contribution in [3.63, 3.8) is 0 Å². The lowest BCUT2D eigenvalue weighted by Crippen LogP contribution is -2.30. The van der Waals surface area contributed by atoms with Gasteiger partial charge in [-0.2, -0.15) is 0 Å². The van der Waals surface area contributed by atoms with Gasteiger partial charge in [0, 0.05) is 16.6 Å². The summed E-state index contributed by atoms with van der Waals surface area (Å²) in [5, 5.41) is 12.9. The molecule has 0 bridgehead atoms. The summed E-state index contributed by atoms with van der Waals surface area (Å²) in [5.41, 5.74) is 2.84. The molecule has 1 aromatic heterocycles. The van der Waals surface area contributed by atoms with Crippen LogP contribution in [0.3, 0.4) is 0 Å². The van der Waals surface area contributed by atoms with Gasteiger partial charge in [-0.1, -0.05) is 46.3 Å². The molecule has 0 unspecified atom stereocenters. The van der Waals surface area contributed by atoms with Gasteiger partial charge in [-0.25, -0.2) is 9.78 Å². The Balaban J connectivity index is 1.97. The number of nitrogens with one attached hydrogen (secondary N) is 1. The Morgan fingerprint density at radius 1 is 1.08 bits per heavy atom. The number of pyridine rings is 1. The maximum atomic E-state index is 12.0. The molecular formula is C20H17BrN2O3. The van der Waals surface area contributed by atoms with Gasteiger partial charge in [0.25, 0.3) is 0 Å². The van der Waals surface area contributed by atoms with Crippen molar-refractivity contribution in [2.75, 3.05) is 5.32 Å². The molecule has 1 heterocycles. The van der Waals surface area contributed by atoms with Crippen LogP contribution in [0.5, 0.6) is 0 Å². The fraction of sp³-hybridized carbons (Fsp3) is 0.150. The number of alkyl halides is 1. The van der Waals surface area contributed by atoms with E-state index in [0.717, 1.165) is 5.56 Å². The first kappa shape index (κ1) is 18.1. The fourth-order valence-electron chi connectivity index (χ4n) is 2.50. The van der Waals surface area contributed by atoms with Gasteiger partial charge < -0.3 is 10.4 Å². The summed E-state index contributed by atoms with van der Waals surface area (Å²) < 4.78 is -0.665. The molecule has 0 radical (unpaired) electrons. The molecule has 0 aliphatic carbocycles. The topological polar surface area (TPSA) is 79.3 Å². The first-order valence-corrected chi connectivity index (χ1v) is 8.79. The number of benzene rings is 2. The predicted octanol–water partition coefficient (Wildman–Crippen LogP) is 4.71. The number of carboxylic acids is 1. The highest BCUT2D eigenvalue weighted by Gasteiger charge is 2.23. The number of halogens is 1. The minimum atomic E-state index is -0.992. The third kappa shape index (κ3) is 3.75. The zero-order valence-electron chi connectivity index (χ0n) is 14.3. The normalized spacial score (nSPS) is 11.3. The molecule has 0 aliphatic heterocycles. The number of para-hydroxylation sites is 1. The van der Waals surface area contributed by atoms with Crippen molar-refractivity contribution < 1.29 is 14.7 Å². The van der Waals surface area contributed by atoms with E-state index in [1.807, 2.05) is 6.07 Å². The summed E-state index contributed by atoms with van der Waals surface area (Å²) in [7, 11) is 0. The number of amides is 1. The van der Waals surface area contributed by atoms with E-state index in [2.05, 4.69) is 26.2 Å². The van der Waals surface area contributed by atoms with Gasteiger partial charge in [-0.05, 0) is 38.1 Å². The Kier molecular flexibility index (Phi) is 4.78. The van der Waals surface area contributed by atoms with Crippen LogP contribution in [-0.4, -0.2) is 26.3 Å². The van der Waals surface area contributed by atoms with E-state index in [1.165, 1.54) is 0 Å². The minimum Gasteiger partial charge on any atom is -0.478 e. The summed E-state index contributed by atoms with van der Waals surface area (Å²) >= 11 is 3.32. The van der Waals surface area contributed by atoms with Crippen molar-refractivity contribution in [2.45, 2.75) is 18.2 Å². The quantitative estimate of drug-likeness (QED) is 0.607. The second-order valence-corrected chi connectivity index (χ2v) is 8.36. The highest BCUT2D eigenvalue weighted by Crippen LogP contribution is 2.26. The van der Waals surface area contributed by atoms with Crippen LogP contribution in [0.4, 0.5) is 5.69 Å². The molecular weight excluding hydrogens is 396 g/mol. The number of aromatic nitrogens is 1. The Morgan fingerprint density at radius 3 is 2.35 bits per heavy atom. The number of hydrogen-bond acceptors (Lipinski definition) is 3. The summed E-state index contributed by atoms with van der Waals surface area (Å²) in [5.74, 6) is -1.14. The highest BCUT2D eigenvalue weighted by atomic mass is 79.9. The molecule has 6 heteroatoms. The first-order valence-electron chi connectivity index (χ1n) is 7.99. The zero-order valence-corrected chi connectivity index (χ0v) is 15.9. The first-order chi connectivity index (χ1) is 12.3. The standard InChI is InChI=1S/C20H17BrN2O3/c1-20(2,21)19(26)22-13-9-7-12(8-10-13)17-11-15(18(24)25)14-5-3-4-6-16(14)23-17/h3-11H,1-2H3,(H,22,26)(H,24,25). The van der Waals surface area contributed by atoms with Crippen molar-refractivity contribution in [2.24, 2.45) is 0 Å². The summed E-state index contributed by atoms with van der Waals surface area (Å²) in [6.07, 6.45) is 0. The van der Waals surface area contributed by atoms with Crippen LogP contribution in [0.25, 0.3) is 22.2 Å². The smallest absolute Gasteiger partial charge is 0.336 e. The van der Waals surface area contributed by atoms with Crippen molar-refractivity contribution in [3.05, 3.63) is 60.2 Å². The number of rotatable bonds is 4. The third-order valence-corrected chi connectivity index (χ3v) is 4.29. The van der Waals surface area contributed by atoms with Gasteiger partial charge in [0.05, 0.1) is 21.1 Å². The highest BCUT2D eigenvalue weighted by molar-refractivity contribution is 9.10. The molecule has 5 nitrogen and oxygen atoms in total. The number of aromatic carboxylic acids is 1. The average molecular weight is 413 g/mol. The zero-order chi connectivity index (χ0) is 18.9. The molecule has 0 aliphatic rings. The molecule has 3 aromatic rings. The van der Waals surface area contributed by atoms with Gasteiger partial charge in [0.1, 0.15) is 0 Å². The van der Waals surface area contributed by atoms with E-state index >= 15 is 0 Å². The molecule has 0 atom stereocenters. The Hall–Kier alpha value is -2.73. The molecule has 1 amide bonds. The molecule has 2 N–H and O–H groups in total. The van der Waals surface area contributed by atoms with E-state index in [9.17, 15) is 14.7 Å². The molecule has 0 saturated carbocycles. The molecule has 2 aromatic carbocycles. The van der Waals surface area contributed by atoms with Crippen molar-refractivity contribution >= 4 is 44.4 Å². The lowest BCUT2D eigenvalue weighted by molar-refractivity contribution is -0.117. The number of fused-ring (bicyclic) bond motifs is 1. The fourth-order valence-corrected chi connectivity index (χ4v) is 2.60. The van der Waals surface area contributed by atoms with Crippen molar-refractivity contribution in [1.82, 2.24) is 4.98 Å². The van der Waals surface area contributed by atoms with Gasteiger partial charge in [0.15, 0.2) is 0 Å². The summed E-state index contributed by atoms with van der Waals surface area (Å²) in [6, 6.07) is 15.9. The molecule has 132 valence electrons. The Morgan fingerprint density at radius 2 is 1.73 bits per heavy atom. The lowest BCUT2D eigenvalue weighted by atomic mass is 10.0. The number of anilines is 1. The van der Waals surface area contributed by atoms with Crippen LogP contribution in [0, 0.1) is 0 Å². The summed E-state index contributed by atoms with van der Waals surface area (Å²) in [4.78, 5) is 28.2. The van der Waals surface area contributed by atoms with Crippen molar-refractivity contribution in [1.29, 1.82) is 0 Å². The number of carbonyl (C=O) groups is 2. The van der Waals surface area contributed by atoms with Crippen LogP contribution in [0.15, 0.2) is 54.6 Å². The molecule has 0 spiro atoms. The van der Waals surface area contributed by atoms with Gasteiger partial charge in [0.2, 0.25) is 5.91 Å². The largest absolute Gasteiger partial charge is 0.478 e. The van der Waals surface area contributed by atoms with Crippen LogP contribution >= 0.6 is 15.9 Å². The van der Waals surface area contributed by atoms with Gasteiger partial charge >= 0.3 is 5.97 Å². The maximum absolute atomic E-state index is 12.0. The maximum Gasteiger partial charge on any atom is 0.336 e. The SMILES string of the molecule is CC(C)(Br)C(=O)Nc1ccc(-c2cc(C(=O)O)c3ccccc3n2)cc1. The van der Waals surface area contributed by atoms with Gasteiger partial charge in [-0.3, -0.25) is 4.79 Å². The second-order valence-electron chi connectivity index (χ2n) is 6.38. The van der Waals surface area contributed by atoms with Crippen LogP contribution < -0.4 is 5.32 Å². The van der Waals surface area contributed by atoms with Crippen LogP contribution in [0.2, 0.25) is 0 Å². The Bertz CT molecular complexity index is 992. The van der Waals surface area contributed by atoms with Crippen LogP contribution in [-0.2, 0) is 4.79 Å². The van der Waals surface area contributed by atoms with E-state index in [1.54, 1.807) is 62.4 Å². The number of carbonyl (C=O) groups excluding carboxylic acids is 1. The molecule has 0 fully saturated rings. The van der Waals surface area contributed by atoms with Crippen molar-refractivity contribution in [3.8, 4) is 11.3 Å². The van der Waals surface area contributed by atoms with Gasteiger partial charge in [-0.15, -0.1) is 0 Å². The predicted molar refractivity (Wildman–Crippen MR) is 106 cm³/mol. The monoisotopic (exact) mass is 412 g/mol. The minimum absolute atomic E-state index is 0.151. The summed E-state index contributed by atoms with van der Waals surface area (Å²) in [6.45, 7) is 3.53. The molecule has 0 saturated heterocycles. The van der Waals surface area contributed by atoms with E-state index in [-0.39, 0.29) is 11.5 Å². The second kappa shape index (κ2) is 6.88. The number of nitrogens with zero attached hydrogens (tertiary/aromatic N) is 1. The number of carboxylic acid groups (broad SMARTS) is 1.